The van der Waals surface area contributed by atoms with Crippen LogP contribution >= 0.6 is 11.8 Å². The molecular weight excluding hydrogens is 456 g/mol. The molecular formula is C28H28N4O2S. The van der Waals surface area contributed by atoms with E-state index >= 15 is 0 Å². The highest BCUT2D eigenvalue weighted by Crippen LogP contribution is 2.27. The van der Waals surface area contributed by atoms with Gasteiger partial charge < -0.3 is 9.64 Å². The van der Waals surface area contributed by atoms with E-state index in [2.05, 4.69) is 10.2 Å². The van der Waals surface area contributed by atoms with Crippen molar-refractivity contribution in [3.63, 3.8) is 0 Å². The van der Waals surface area contributed by atoms with Gasteiger partial charge >= 0.3 is 0 Å². The maximum absolute atomic E-state index is 12.6. The van der Waals surface area contributed by atoms with Crippen molar-refractivity contribution in [3.05, 3.63) is 101 Å². The first-order valence-electron chi connectivity index (χ1n) is 11.9. The molecule has 35 heavy (non-hydrogen) atoms. The van der Waals surface area contributed by atoms with Gasteiger partial charge in [-0.2, -0.15) is 0 Å². The van der Waals surface area contributed by atoms with E-state index in [0.717, 1.165) is 70.8 Å². The zero-order valence-electron chi connectivity index (χ0n) is 19.8. The molecule has 1 aliphatic heterocycles. The fourth-order valence-corrected chi connectivity index (χ4v) is 5.11. The summed E-state index contributed by atoms with van der Waals surface area (Å²) in [5.41, 5.74) is 3.96. The summed E-state index contributed by atoms with van der Waals surface area (Å²) in [6.07, 6.45) is 2.20. The first kappa shape index (κ1) is 23.2. The summed E-state index contributed by atoms with van der Waals surface area (Å²) in [4.78, 5) is 14.6. The second kappa shape index (κ2) is 10.8. The molecule has 0 bridgehead atoms. The van der Waals surface area contributed by atoms with Gasteiger partial charge in [0.1, 0.15) is 12.4 Å². The number of amides is 1. The third-order valence-electron chi connectivity index (χ3n) is 6.13. The lowest BCUT2D eigenvalue weighted by Crippen LogP contribution is -2.27. The lowest BCUT2D eigenvalue weighted by atomic mass is 10.1. The van der Waals surface area contributed by atoms with E-state index in [-0.39, 0.29) is 5.91 Å². The van der Waals surface area contributed by atoms with Crippen LogP contribution in [0.4, 0.5) is 0 Å². The van der Waals surface area contributed by atoms with Crippen molar-refractivity contribution < 1.29 is 9.53 Å². The third kappa shape index (κ3) is 5.41. The van der Waals surface area contributed by atoms with Crippen molar-refractivity contribution in [2.24, 2.45) is 0 Å². The summed E-state index contributed by atoms with van der Waals surface area (Å²) in [5.74, 6) is 2.44. The molecule has 178 valence electrons. The number of ether oxygens (including phenoxy) is 1. The zero-order chi connectivity index (χ0) is 24.0. The fraction of sp³-hybridized carbons (Fsp3) is 0.250. The first-order valence-corrected chi connectivity index (χ1v) is 12.9. The molecule has 0 saturated carbocycles. The van der Waals surface area contributed by atoms with Gasteiger partial charge in [0.15, 0.2) is 11.0 Å². The third-order valence-corrected chi connectivity index (χ3v) is 7.13. The van der Waals surface area contributed by atoms with Crippen molar-refractivity contribution in [1.82, 2.24) is 19.7 Å². The monoisotopic (exact) mass is 484 g/mol. The fourth-order valence-electron chi connectivity index (χ4n) is 4.18. The number of nitrogens with zero attached hydrogens (tertiary/aromatic N) is 4. The normalized spacial score (nSPS) is 13.2. The Balaban J connectivity index is 1.31. The van der Waals surface area contributed by atoms with Gasteiger partial charge in [0, 0.05) is 30.1 Å². The number of rotatable bonds is 8. The molecule has 0 unspecified atom stereocenters. The molecule has 6 nitrogen and oxygen atoms in total. The molecule has 5 rings (SSSR count). The van der Waals surface area contributed by atoms with Crippen molar-refractivity contribution in [1.29, 1.82) is 0 Å². The minimum Gasteiger partial charge on any atom is -0.485 e. The summed E-state index contributed by atoms with van der Waals surface area (Å²) in [6, 6.07) is 26.0. The van der Waals surface area contributed by atoms with E-state index in [1.54, 1.807) is 11.8 Å². The number of benzene rings is 3. The molecule has 7 heteroatoms. The molecule has 1 aromatic heterocycles. The molecule has 1 saturated heterocycles. The smallest absolute Gasteiger partial charge is 0.253 e. The van der Waals surface area contributed by atoms with Crippen molar-refractivity contribution >= 4 is 17.7 Å². The average Bonchev–Trinajstić information content (AvgIpc) is 3.58. The van der Waals surface area contributed by atoms with E-state index in [9.17, 15) is 4.79 Å². The summed E-state index contributed by atoms with van der Waals surface area (Å²) in [5, 5.41) is 9.73. The number of thioether (sulfide) groups is 1. The Kier molecular flexibility index (Phi) is 7.14. The summed E-state index contributed by atoms with van der Waals surface area (Å²) >= 11 is 1.62. The van der Waals surface area contributed by atoms with Gasteiger partial charge in [0.05, 0.1) is 0 Å². The van der Waals surface area contributed by atoms with Gasteiger partial charge in [-0.25, -0.2) is 0 Å². The Bertz CT molecular complexity index is 1280. The molecule has 4 aromatic rings. The van der Waals surface area contributed by atoms with Gasteiger partial charge in [-0.1, -0.05) is 60.3 Å². The molecule has 0 atom stereocenters. The van der Waals surface area contributed by atoms with Crippen LogP contribution in [0.3, 0.4) is 0 Å². The maximum atomic E-state index is 12.6. The van der Waals surface area contributed by atoms with Gasteiger partial charge in [0.25, 0.3) is 5.91 Å². The first-order chi connectivity index (χ1) is 17.2. The number of hydrogen-bond donors (Lipinski definition) is 0. The molecule has 0 aliphatic carbocycles. The predicted octanol–water partition coefficient (Wildman–Crippen LogP) is 5.68. The molecule has 2 heterocycles. The Morgan fingerprint density at radius 2 is 1.63 bits per heavy atom. The molecule has 1 amide bonds. The number of likely N-dealkylation sites (tertiary alicyclic amines) is 1. The van der Waals surface area contributed by atoms with E-state index < -0.39 is 0 Å². The Morgan fingerprint density at radius 3 is 2.37 bits per heavy atom. The molecule has 0 spiro atoms. The second-order valence-electron chi connectivity index (χ2n) is 8.61. The van der Waals surface area contributed by atoms with Crippen LogP contribution in [0.25, 0.3) is 5.69 Å². The van der Waals surface area contributed by atoms with Crippen LogP contribution in [-0.4, -0.2) is 38.7 Å². The number of hydrogen-bond acceptors (Lipinski definition) is 5. The minimum atomic E-state index is 0.129. The van der Waals surface area contributed by atoms with Crippen LogP contribution in [-0.2, 0) is 12.4 Å². The number of aromatic nitrogens is 3. The average molecular weight is 485 g/mol. The maximum Gasteiger partial charge on any atom is 0.253 e. The van der Waals surface area contributed by atoms with Gasteiger partial charge in [-0.3, -0.25) is 9.36 Å². The van der Waals surface area contributed by atoms with Crippen LogP contribution in [0.2, 0.25) is 0 Å². The number of carbonyl (C=O) groups is 1. The van der Waals surface area contributed by atoms with Gasteiger partial charge in [0.2, 0.25) is 0 Å². The van der Waals surface area contributed by atoms with Crippen LogP contribution in [0, 0.1) is 6.92 Å². The largest absolute Gasteiger partial charge is 0.485 e. The Hall–Kier alpha value is -3.58. The molecule has 1 fully saturated rings. The Labute approximate surface area is 210 Å². The van der Waals surface area contributed by atoms with Crippen molar-refractivity contribution in [2.45, 2.75) is 37.3 Å². The van der Waals surface area contributed by atoms with Crippen molar-refractivity contribution in [3.8, 4) is 11.4 Å². The van der Waals surface area contributed by atoms with E-state index in [1.165, 1.54) is 0 Å². The summed E-state index contributed by atoms with van der Waals surface area (Å²) in [7, 11) is 0. The van der Waals surface area contributed by atoms with Crippen LogP contribution in [0.1, 0.15) is 40.2 Å². The highest BCUT2D eigenvalue weighted by Gasteiger charge is 2.19. The van der Waals surface area contributed by atoms with Crippen molar-refractivity contribution in [2.75, 3.05) is 13.1 Å². The quantitative estimate of drug-likeness (QED) is 0.301. The summed E-state index contributed by atoms with van der Waals surface area (Å²) < 4.78 is 8.12. The summed E-state index contributed by atoms with van der Waals surface area (Å²) in [6.45, 7) is 4.08. The highest BCUT2D eigenvalue weighted by molar-refractivity contribution is 7.98. The predicted molar refractivity (Wildman–Crippen MR) is 138 cm³/mol. The molecule has 1 aliphatic rings. The molecule has 0 radical (unpaired) electrons. The number of carbonyl (C=O) groups excluding carboxylic acids is 1. The van der Waals surface area contributed by atoms with Gasteiger partial charge in [-0.15, -0.1) is 10.2 Å². The molecule has 3 aromatic carbocycles. The minimum absolute atomic E-state index is 0.129. The SMILES string of the molecule is Cc1ccccc1OCc1nnc(SCc2ccc(C(=O)N3CCCC3)cc2)n1-c1ccccc1. The molecule has 0 N–H and O–H groups in total. The zero-order valence-corrected chi connectivity index (χ0v) is 20.6. The highest BCUT2D eigenvalue weighted by atomic mass is 32.2. The lowest BCUT2D eigenvalue weighted by molar-refractivity contribution is 0.0793. The lowest BCUT2D eigenvalue weighted by Gasteiger charge is -2.15. The van der Waals surface area contributed by atoms with Crippen LogP contribution in [0.5, 0.6) is 5.75 Å². The van der Waals surface area contributed by atoms with E-state index in [4.69, 9.17) is 4.74 Å². The van der Waals surface area contributed by atoms with E-state index in [1.807, 2.05) is 95.3 Å². The topological polar surface area (TPSA) is 60.3 Å². The number of para-hydroxylation sites is 2. The van der Waals surface area contributed by atoms with Gasteiger partial charge in [-0.05, 0) is 61.2 Å². The Morgan fingerprint density at radius 1 is 0.914 bits per heavy atom. The second-order valence-corrected chi connectivity index (χ2v) is 9.55. The van der Waals surface area contributed by atoms with Crippen LogP contribution in [0.15, 0.2) is 84.0 Å². The number of aryl methyl sites for hydroxylation is 1. The standard InChI is InChI=1S/C28H28N4O2S/c1-21-9-5-6-12-25(21)34-19-26-29-30-28(32(26)24-10-3-2-4-11-24)35-20-22-13-15-23(16-14-22)27(33)31-17-7-8-18-31/h2-6,9-16H,7-8,17-20H2,1H3. The van der Waals surface area contributed by atoms with E-state index in [0.29, 0.717) is 6.61 Å². The van der Waals surface area contributed by atoms with Crippen LogP contribution < -0.4 is 4.74 Å².